The van der Waals surface area contributed by atoms with Gasteiger partial charge < -0.3 is 25.5 Å². The zero-order valence-electron chi connectivity index (χ0n) is 29.6. The Bertz CT molecular complexity index is 1200. The highest BCUT2D eigenvalue weighted by Crippen LogP contribution is 2.17. The van der Waals surface area contributed by atoms with E-state index in [4.69, 9.17) is 20.9 Å². The Hall–Kier alpha value is -2.95. The largest absolute Gasteiger partial charge is 0.465 e. The van der Waals surface area contributed by atoms with E-state index >= 15 is 0 Å². The number of nitrogen functional groups attached to an aromatic ring is 1. The fourth-order valence-corrected chi connectivity index (χ4v) is 5.80. The molecule has 0 spiro atoms. The molecule has 0 amide bonds. The zero-order valence-corrected chi connectivity index (χ0v) is 29.6. The predicted octanol–water partition coefficient (Wildman–Crippen LogP) is 7.21. The van der Waals surface area contributed by atoms with E-state index in [2.05, 4.69) is 21.9 Å². The van der Waals surface area contributed by atoms with Gasteiger partial charge in [0.15, 0.2) is 11.2 Å². The molecule has 0 aliphatic rings. The van der Waals surface area contributed by atoms with Gasteiger partial charge in [0.1, 0.15) is 6.04 Å². The van der Waals surface area contributed by atoms with Crippen molar-refractivity contribution < 1.29 is 19.1 Å². The van der Waals surface area contributed by atoms with Crippen molar-refractivity contribution in [3.8, 4) is 0 Å². The predicted molar refractivity (Wildman–Crippen MR) is 189 cm³/mol. The molecule has 47 heavy (non-hydrogen) atoms. The molecule has 268 valence electrons. The van der Waals surface area contributed by atoms with Crippen LogP contribution in [0, 0.1) is 11.8 Å². The summed E-state index contributed by atoms with van der Waals surface area (Å²) in [6, 6.07) is -0.683. The van der Waals surface area contributed by atoms with Crippen molar-refractivity contribution in [1.82, 2.24) is 19.5 Å². The summed E-state index contributed by atoms with van der Waals surface area (Å²) in [6.45, 7) is 6.79. The number of hydrogen-bond acceptors (Lipinski definition) is 9. The Balaban J connectivity index is 1.65. The van der Waals surface area contributed by atoms with Crippen molar-refractivity contribution in [1.29, 1.82) is 0 Å². The Morgan fingerprint density at radius 2 is 1.43 bits per heavy atom. The first-order valence-electron chi connectivity index (χ1n) is 18.5. The third-order valence-corrected chi connectivity index (χ3v) is 9.21. The van der Waals surface area contributed by atoms with Crippen LogP contribution in [0.25, 0.3) is 11.2 Å². The Morgan fingerprint density at radius 3 is 1.98 bits per heavy atom. The number of nitrogens with one attached hydrogen (secondary N) is 1. The molecule has 0 aliphatic heterocycles. The molecule has 0 fully saturated rings. The first-order valence-corrected chi connectivity index (χ1v) is 18.5. The minimum Gasteiger partial charge on any atom is -0.465 e. The first kappa shape index (κ1) is 40.2. The van der Waals surface area contributed by atoms with Gasteiger partial charge in [-0.25, -0.2) is 4.98 Å². The van der Waals surface area contributed by atoms with Gasteiger partial charge in [-0.1, -0.05) is 130 Å². The molecule has 2 rings (SSSR count). The number of unbranched alkanes of at least 4 members (excludes halogenated alkanes) is 16. The second kappa shape index (κ2) is 24.2. The van der Waals surface area contributed by atoms with Gasteiger partial charge in [0.25, 0.3) is 5.56 Å². The van der Waals surface area contributed by atoms with Crippen molar-refractivity contribution in [2.75, 3.05) is 18.9 Å². The van der Waals surface area contributed by atoms with E-state index in [1.807, 2.05) is 13.8 Å². The molecule has 11 nitrogen and oxygen atoms in total. The Kier molecular flexibility index (Phi) is 20.7. The number of imidazole rings is 1. The van der Waals surface area contributed by atoms with Gasteiger partial charge in [0.2, 0.25) is 5.95 Å². The molecule has 0 saturated heterocycles. The summed E-state index contributed by atoms with van der Waals surface area (Å²) < 4.78 is 12.8. The summed E-state index contributed by atoms with van der Waals surface area (Å²) in [5.41, 5.74) is 11.9. The summed E-state index contributed by atoms with van der Waals surface area (Å²) >= 11 is 0. The molecular weight excluding hydrogens is 596 g/mol. The highest BCUT2D eigenvalue weighted by Gasteiger charge is 2.22. The number of aromatic amines is 1. The maximum absolute atomic E-state index is 12.6. The van der Waals surface area contributed by atoms with E-state index in [-0.39, 0.29) is 42.5 Å². The summed E-state index contributed by atoms with van der Waals surface area (Å²) in [4.78, 5) is 48.0. The van der Waals surface area contributed by atoms with E-state index in [0.29, 0.717) is 25.0 Å². The monoisotopic (exact) mass is 660 g/mol. The lowest BCUT2D eigenvalue weighted by molar-refractivity contribution is -0.149. The highest BCUT2D eigenvalue weighted by atomic mass is 16.5. The van der Waals surface area contributed by atoms with Crippen LogP contribution in [0.5, 0.6) is 0 Å². The number of aromatic nitrogens is 4. The summed E-state index contributed by atoms with van der Waals surface area (Å²) in [7, 11) is 0. The number of ether oxygens (including phenoxy) is 2. The van der Waals surface area contributed by atoms with Crippen LogP contribution in [0.15, 0.2) is 11.1 Å². The standard InChI is InChI=1S/C36H64N6O5/c1-4-6-7-8-9-10-11-12-13-14-15-16-17-18-19-20-21-22-30(43)47-26-29(23-24-46-35(45)31(37)28(3)5-2)25-42-27-39-32-33(42)40-36(38)41-34(32)44/h27-29,31H,4-26,37H2,1-3H3,(H3,38,40,41,44)/t28-,29?,31-/m0/s1. The second-order valence-corrected chi connectivity index (χ2v) is 13.3. The fraction of sp³-hybridized carbons (Fsp3) is 0.806. The Morgan fingerprint density at radius 1 is 0.872 bits per heavy atom. The van der Waals surface area contributed by atoms with Crippen LogP contribution in [0.3, 0.4) is 0 Å². The normalized spacial score (nSPS) is 13.4. The molecule has 1 unspecified atom stereocenters. The van der Waals surface area contributed by atoms with Gasteiger partial charge in [-0.05, 0) is 18.8 Å². The molecule has 2 heterocycles. The molecule has 0 saturated carbocycles. The molecule has 2 aromatic rings. The number of H-pyrrole nitrogens is 1. The molecule has 0 bridgehead atoms. The molecule has 0 radical (unpaired) electrons. The van der Waals surface area contributed by atoms with Crippen LogP contribution in [-0.2, 0) is 25.6 Å². The zero-order chi connectivity index (χ0) is 34.3. The lowest BCUT2D eigenvalue weighted by Crippen LogP contribution is -2.38. The van der Waals surface area contributed by atoms with Crippen molar-refractivity contribution in [2.24, 2.45) is 17.6 Å². The van der Waals surface area contributed by atoms with Crippen LogP contribution < -0.4 is 17.0 Å². The minimum absolute atomic E-state index is 0.00530. The van der Waals surface area contributed by atoms with Crippen LogP contribution in [0.2, 0.25) is 0 Å². The van der Waals surface area contributed by atoms with Gasteiger partial charge in [-0.2, -0.15) is 4.98 Å². The number of nitrogens with two attached hydrogens (primary N) is 2. The molecule has 5 N–H and O–H groups in total. The van der Waals surface area contributed by atoms with Crippen molar-refractivity contribution in [3.05, 3.63) is 16.7 Å². The van der Waals surface area contributed by atoms with Gasteiger partial charge in [-0.15, -0.1) is 0 Å². The van der Waals surface area contributed by atoms with Crippen LogP contribution in [0.1, 0.15) is 149 Å². The minimum atomic E-state index is -0.683. The number of fused-ring (bicyclic) bond motifs is 1. The number of esters is 2. The number of rotatable bonds is 28. The third kappa shape index (κ3) is 16.6. The molecule has 11 heteroatoms. The molecule has 2 aromatic heterocycles. The smallest absolute Gasteiger partial charge is 0.323 e. The summed E-state index contributed by atoms with van der Waals surface area (Å²) in [6.07, 6.45) is 25.1. The van der Waals surface area contributed by atoms with Crippen molar-refractivity contribution in [3.63, 3.8) is 0 Å². The maximum Gasteiger partial charge on any atom is 0.323 e. The third-order valence-electron chi connectivity index (χ3n) is 9.21. The number of carbonyl (C=O) groups excluding carboxylic acids is 2. The fourth-order valence-electron chi connectivity index (χ4n) is 5.80. The van der Waals surface area contributed by atoms with Crippen molar-refractivity contribution >= 4 is 29.1 Å². The average molecular weight is 661 g/mol. The van der Waals surface area contributed by atoms with Gasteiger partial charge >= 0.3 is 11.9 Å². The van der Waals surface area contributed by atoms with Crippen LogP contribution in [-0.4, -0.2) is 50.7 Å². The van der Waals surface area contributed by atoms with Crippen LogP contribution in [0.4, 0.5) is 5.95 Å². The van der Waals surface area contributed by atoms with Crippen molar-refractivity contribution in [2.45, 2.75) is 162 Å². The number of nitrogens with zero attached hydrogens (tertiary/aromatic N) is 3. The van der Waals surface area contributed by atoms with Gasteiger partial charge in [-0.3, -0.25) is 19.4 Å². The lowest BCUT2D eigenvalue weighted by atomic mass is 10.0. The number of carbonyl (C=O) groups is 2. The number of anilines is 1. The van der Waals surface area contributed by atoms with Crippen LogP contribution >= 0.6 is 0 Å². The van der Waals surface area contributed by atoms with E-state index in [0.717, 1.165) is 25.7 Å². The van der Waals surface area contributed by atoms with E-state index in [9.17, 15) is 14.4 Å². The Labute approximate surface area is 282 Å². The summed E-state index contributed by atoms with van der Waals surface area (Å²) in [5, 5.41) is 0. The topological polar surface area (TPSA) is 168 Å². The quantitative estimate of drug-likeness (QED) is 0.0631. The number of hydrogen-bond donors (Lipinski definition) is 3. The molecule has 3 atom stereocenters. The highest BCUT2D eigenvalue weighted by molar-refractivity contribution is 5.75. The average Bonchev–Trinajstić information content (AvgIpc) is 3.46. The van der Waals surface area contributed by atoms with Gasteiger partial charge in [0, 0.05) is 18.9 Å². The van der Waals surface area contributed by atoms with E-state index in [1.54, 1.807) is 4.57 Å². The first-order chi connectivity index (χ1) is 22.8. The summed E-state index contributed by atoms with van der Waals surface area (Å²) in [5.74, 6) is -0.874. The maximum atomic E-state index is 12.6. The molecular formula is C36H64N6O5. The SMILES string of the molecule is CCCCCCCCCCCCCCCCCCCC(=O)OCC(CCOC(=O)[C@@H](N)[C@@H](C)CC)Cn1cnc2c(=O)[nH]c(N)nc21. The van der Waals surface area contributed by atoms with E-state index in [1.165, 1.54) is 96.2 Å². The molecule has 0 aromatic carbocycles. The second-order valence-electron chi connectivity index (χ2n) is 13.3. The van der Waals surface area contributed by atoms with E-state index < -0.39 is 17.6 Å². The lowest BCUT2D eigenvalue weighted by Gasteiger charge is -2.20. The molecule has 0 aliphatic carbocycles. The van der Waals surface area contributed by atoms with Gasteiger partial charge in [0.05, 0.1) is 19.5 Å².